The molecule has 0 spiro atoms. The van der Waals surface area contributed by atoms with Gasteiger partial charge in [0.05, 0.1) is 13.2 Å². The summed E-state index contributed by atoms with van der Waals surface area (Å²) in [6, 6.07) is 0. The number of rotatable bonds is 3. The van der Waals surface area contributed by atoms with Gasteiger partial charge in [0.1, 0.15) is 18.1 Å². The Balaban J connectivity index is 1.87. The Morgan fingerprint density at radius 3 is 2.82 bits per heavy atom. The van der Waals surface area contributed by atoms with Crippen LogP contribution in [0.25, 0.3) is 0 Å². The van der Waals surface area contributed by atoms with E-state index in [4.69, 9.17) is 4.74 Å². The lowest BCUT2D eigenvalue weighted by molar-refractivity contribution is 0.0974. The SMILES string of the molecule is CC(C)(C)COCC1=NCc2nccnc2N1. The number of ether oxygens (including phenoxy) is 1. The highest BCUT2D eigenvalue weighted by Gasteiger charge is 2.15. The molecule has 17 heavy (non-hydrogen) atoms. The molecular weight excluding hydrogens is 216 g/mol. The largest absolute Gasteiger partial charge is 0.373 e. The minimum Gasteiger partial charge on any atom is -0.373 e. The first kappa shape index (κ1) is 12.0. The lowest BCUT2D eigenvalue weighted by atomic mass is 9.99. The van der Waals surface area contributed by atoms with E-state index in [2.05, 4.69) is 41.0 Å². The van der Waals surface area contributed by atoms with Crippen molar-refractivity contribution < 1.29 is 4.74 Å². The Hall–Kier alpha value is -1.49. The molecule has 1 N–H and O–H groups in total. The highest BCUT2D eigenvalue weighted by Crippen LogP contribution is 2.15. The number of nitrogens with one attached hydrogen (secondary N) is 1. The molecule has 92 valence electrons. The van der Waals surface area contributed by atoms with E-state index >= 15 is 0 Å². The third-order valence-corrected chi connectivity index (χ3v) is 2.23. The summed E-state index contributed by atoms with van der Waals surface area (Å²) in [4.78, 5) is 12.8. The average Bonchev–Trinajstić information content (AvgIpc) is 2.27. The van der Waals surface area contributed by atoms with Gasteiger partial charge in [-0.05, 0) is 5.41 Å². The summed E-state index contributed by atoms with van der Waals surface area (Å²) in [6.45, 7) is 8.20. The van der Waals surface area contributed by atoms with Crippen LogP contribution in [0.3, 0.4) is 0 Å². The fourth-order valence-corrected chi connectivity index (χ4v) is 1.47. The van der Waals surface area contributed by atoms with E-state index in [9.17, 15) is 0 Å². The molecule has 0 radical (unpaired) electrons. The predicted octanol–water partition coefficient (Wildman–Crippen LogP) is 1.86. The molecule has 0 fully saturated rings. The molecule has 1 aromatic heterocycles. The first-order valence-corrected chi connectivity index (χ1v) is 5.72. The second-order valence-corrected chi connectivity index (χ2v) is 5.29. The molecule has 1 aliphatic rings. The second kappa shape index (κ2) is 4.79. The second-order valence-electron chi connectivity index (χ2n) is 5.29. The molecule has 1 aliphatic heterocycles. The van der Waals surface area contributed by atoms with Crippen molar-refractivity contribution in [1.29, 1.82) is 0 Å². The molecular formula is C12H18N4O. The summed E-state index contributed by atoms with van der Waals surface area (Å²) in [5.41, 5.74) is 1.06. The normalized spacial score (nSPS) is 14.9. The average molecular weight is 234 g/mol. The van der Waals surface area contributed by atoms with Gasteiger partial charge in [-0.15, -0.1) is 0 Å². The smallest absolute Gasteiger partial charge is 0.155 e. The van der Waals surface area contributed by atoms with Crippen molar-refractivity contribution in [3.63, 3.8) is 0 Å². The number of amidine groups is 1. The molecule has 0 amide bonds. The van der Waals surface area contributed by atoms with Gasteiger partial charge in [-0.25, -0.2) is 4.98 Å². The first-order chi connectivity index (χ1) is 8.04. The van der Waals surface area contributed by atoms with Crippen molar-refractivity contribution in [2.45, 2.75) is 27.3 Å². The molecule has 0 unspecified atom stereocenters. The van der Waals surface area contributed by atoms with Crippen molar-refractivity contribution in [1.82, 2.24) is 9.97 Å². The Bertz CT molecular complexity index is 423. The van der Waals surface area contributed by atoms with E-state index in [1.54, 1.807) is 12.4 Å². The molecule has 0 aromatic carbocycles. The standard InChI is InChI=1S/C12H18N4O/c1-12(2,3)8-17-7-10-15-6-9-11(16-10)14-5-4-13-9/h4-5H,6-8H2,1-3H3,(H,14,15,16). The fourth-order valence-electron chi connectivity index (χ4n) is 1.47. The van der Waals surface area contributed by atoms with E-state index in [0.717, 1.165) is 17.3 Å². The maximum Gasteiger partial charge on any atom is 0.155 e. The highest BCUT2D eigenvalue weighted by atomic mass is 16.5. The van der Waals surface area contributed by atoms with Gasteiger partial charge in [0.25, 0.3) is 0 Å². The van der Waals surface area contributed by atoms with Crippen LogP contribution in [0.1, 0.15) is 26.5 Å². The van der Waals surface area contributed by atoms with Crippen molar-refractivity contribution in [3.8, 4) is 0 Å². The van der Waals surface area contributed by atoms with Gasteiger partial charge in [-0.1, -0.05) is 20.8 Å². The molecule has 5 nitrogen and oxygen atoms in total. The third kappa shape index (κ3) is 3.49. The predicted molar refractivity (Wildman–Crippen MR) is 67.1 cm³/mol. The van der Waals surface area contributed by atoms with Crippen molar-refractivity contribution in [2.75, 3.05) is 18.5 Å². The Kier molecular flexibility index (Phi) is 3.38. The van der Waals surface area contributed by atoms with Crippen molar-refractivity contribution >= 4 is 11.7 Å². The highest BCUT2D eigenvalue weighted by molar-refractivity contribution is 5.97. The molecule has 0 saturated carbocycles. The summed E-state index contributed by atoms with van der Waals surface area (Å²) < 4.78 is 5.61. The van der Waals surface area contributed by atoms with Crippen LogP contribution in [0.2, 0.25) is 0 Å². The van der Waals surface area contributed by atoms with Crippen LogP contribution >= 0.6 is 0 Å². The van der Waals surface area contributed by atoms with Crippen LogP contribution < -0.4 is 5.32 Å². The molecule has 0 saturated heterocycles. The van der Waals surface area contributed by atoms with E-state index in [1.165, 1.54) is 0 Å². The van der Waals surface area contributed by atoms with Gasteiger partial charge in [-0.2, -0.15) is 0 Å². The van der Waals surface area contributed by atoms with Crippen LogP contribution in [0.15, 0.2) is 17.4 Å². The maximum atomic E-state index is 5.61. The minimum atomic E-state index is 0.174. The van der Waals surface area contributed by atoms with Crippen molar-refractivity contribution in [2.24, 2.45) is 10.4 Å². The Morgan fingerprint density at radius 2 is 2.06 bits per heavy atom. The number of aromatic nitrogens is 2. The zero-order valence-corrected chi connectivity index (χ0v) is 10.5. The van der Waals surface area contributed by atoms with Gasteiger partial charge in [0, 0.05) is 12.4 Å². The van der Waals surface area contributed by atoms with Crippen LogP contribution in [0.5, 0.6) is 0 Å². The summed E-state index contributed by atoms with van der Waals surface area (Å²) in [5, 5.41) is 3.13. The van der Waals surface area contributed by atoms with Gasteiger partial charge in [0.2, 0.25) is 0 Å². The maximum absolute atomic E-state index is 5.61. The van der Waals surface area contributed by atoms with E-state index in [-0.39, 0.29) is 5.41 Å². The molecule has 1 aromatic rings. The summed E-state index contributed by atoms with van der Waals surface area (Å²) in [5.74, 6) is 1.61. The van der Waals surface area contributed by atoms with Gasteiger partial charge < -0.3 is 10.1 Å². The zero-order valence-electron chi connectivity index (χ0n) is 10.5. The van der Waals surface area contributed by atoms with Crippen LogP contribution in [0, 0.1) is 5.41 Å². The number of hydrogen-bond donors (Lipinski definition) is 1. The molecule has 0 aliphatic carbocycles. The summed E-state index contributed by atoms with van der Waals surface area (Å²) in [7, 11) is 0. The number of anilines is 1. The molecule has 2 heterocycles. The number of fused-ring (bicyclic) bond motifs is 1. The lowest BCUT2D eigenvalue weighted by Crippen LogP contribution is -2.26. The number of aliphatic imine (C=N–C) groups is 1. The minimum absolute atomic E-state index is 0.174. The number of hydrogen-bond acceptors (Lipinski definition) is 5. The van der Waals surface area contributed by atoms with E-state index in [1.807, 2.05) is 0 Å². The first-order valence-electron chi connectivity index (χ1n) is 5.72. The van der Waals surface area contributed by atoms with Crippen molar-refractivity contribution in [3.05, 3.63) is 18.1 Å². The van der Waals surface area contributed by atoms with Gasteiger partial charge in [-0.3, -0.25) is 9.98 Å². The Labute approximate surface area is 101 Å². The van der Waals surface area contributed by atoms with E-state index in [0.29, 0.717) is 19.8 Å². The summed E-state index contributed by atoms with van der Waals surface area (Å²) >= 11 is 0. The van der Waals surface area contributed by atoms with Gasteiger partial charge in [0.15, 0.2) is 5.82 Å². The van der Waals surface area contributed by atoms with Gasteiger partial charge >= 0.3 is 0 Å². The third-order valence-electron chi connectivity index (χ3n) is 2.23. The quantitative estimate of drug-likeness (QED) is 0.867. The molecule has 0 atom stereocenters. The monoisotopic (exact) mass is 234 g/mol. The fraction of sp³-hybridized carbons (Fsp3) is 0.583. The molecule has 2 rings (SSSR count). The van der Waals surface area contributed by atoms with Crippen LogP contribution in [-0.4, -0.2) is 29.0 Å². The topological polar surface area (TPSA) is 59.4 Å². The van der Waals surface area contributed by atoms with Crippen LogP contribution in [0.4, 0.5) is 5.82 Å². The zero-order chi connectivity index (χ0) is 12.3. The van der Waals surface area contributed by atoms with Crippen LogP contribution in [-0.2, 0) is 11.3 Å². The van der Waals surface area contributed by atoms with E-state index < -0.39 is 0 Å². The summed E-state index contributed by atoms with van der Waals surface area (Å²) in [6.07, 6.45) is 3.35. The molecule has 0 bridgehead atoms. The lowest BCUT2D eigenvalue weighted by Gasteiger charge is -2.20. The molecule has 5 heteroatoms. The Morgan fingerprint density at radius 1 is 1.29 bits per heavy atom. The number of nitrogens with zero attached hydrogens (tertiary/aromatic N) is 3.